The zero-order valence-electron chi connectivity index (χ0n) is 14.1. The molecule has 0 spiro atoms. The largest absolute Gasteiger partial charge is 0.478 e. The molecule has 1 aromatic carbocycles. The van der Waals surface area contributed by atoms with Crippen LogP contribution in [0.5, 0.6) is 0 Å². The van der Waals surface area contributed by atoms with E-state index in [2.05, 4.69) is 10.1 Å². The molecule has 3 heterocycles. The van der Waals surface area contributed by atoms with Gasteiger partial charge in [-0.3, -0.25) is 9.08 Å². The number of imidazole rings is 1. The number of rotatable bonds is 3. The van der Waals surface area contributed by atoms with Gasteiger partial charge >= 0.3 is 5.97 Å². The molecule has 4 aromatic rings. The van der Waals surface area contributed by atoms with Crippen LogP contribution in [0.2, 0.25) is 5.15 Å². The van der Waals surface area contributed by atoms with Crippen molar-refractivity contribution in [2.45, 2.75) is 6.92 Å². The number of carboxylic acids is 1. The first-order valence-electron chi connectivity index (χ1n) is 7.96. The molecule has 0 aliphatic rings. The Morgan fingerprint density at radius 2 is 1.88 bits per heavy atom. The molecule has 0 saturated heterocycles. The average Bonchev–Trinajstić information content (AvgIpc) is 3.13. The number of fused-ring (bicyclic) bond motifs is 1. The number of pyridine rings is 1. The number of nitrogens with zero attached hydrogens (tertiary/aromatic N) is 4. The predicted molar refractivity (Wildman–Crippen MR) is 99.5 cm³/mol. The second kappa shape index (κ2) is 6.00. The van der Waals surface area contributed by atoms with Gasteiger partial charge in [0.1, 0.15) is 16.5 Å². The van der Waals surface area contributed by atoms with Gasteiger partial charge in [0.2, 0.25) is 0 Å². The van der Waals surface area contributed by atoms with Crippen LogP contribution in [-0.4, -0.2) is 30.2 Å². The summed E-state index contributed by atoms with van der Waals surface area (Å²) >= 11 is 6.56. The normalized spacial score (nSPS) is 11.2. The molecule has 0 radical (unpaired) electrons. The first-order chi connectivity index (χ1) is 12.5. The Labute approximate surface area is 154 Å². The van der Waals surface area contributed by atoms with Gasteiger partial charge in [0.15, 0.2) is 0 Å². The van der Waals surface area contributed by atoms with Crippen molar-refractivity contribution < 1.29 is 9.90 Å². The maximum atomic E-state index is 11.2. The van der Waals surface area contributed by atoms with Crippen molar-refractivity contribution in [3.05, 3.63) is 65.2 Å². The van der Waals surface area contributed by atoms with Crippen molar-refractivity contribution in [2.24, 2.45) is 7.05 Å². The van der Waals surface area contributed by atoms with E-state index in [0.717, 1.165) is 22.4 Å². The Kier molecular flexibility index (Phi) is 3.77. The Hall–Kier alpha value is -3.12. The van der Waals surface area contributed by atoms with Crippen LogP contribution in [-0.2, 0) is 7.05 Å². The molecule has 4 rings (SSSR count). The van der Waals surface area contributed by atoms with Crippen LogP contribution >= 0.6 is 11.6 Å². The fourth-order valence-electron chi connectivity index (χ4n) is 3.11. The lowest BCUT2D eigenvalue weighted by atomic mass is 9.99. The van der Waals surface area contributed by atoms with E-state index in [4.69, 9.17) is 11.6 Å². The quantitative estimate of drug-likeness (QED) is 0.593. The summed E-state index contributed by atoms with van der Waals surface area (Å²) in [6.07, 6.45) is 3.58. The third-order valence-corrected chi connectivity index (χ3v) is 4.66. The Bertz CT molecular complexity index is 1160. The maximum absolute atomic E-state index is 11.2. The van der Waals surface area contributed by atoms with E-state index in [1.54, 1.807) is 15.3 Å². The molecule has 1 N–H and O–H groups in total. The summed E-state index contributed by atoms with van der Waals surface area (Å²) < 4.78 is 3.45. The van der Waals surface area contributed by atoms with Crippen LogP contribution in [0.1, 0.15) is 16.1 Å². The van der Waals surface area contributed by atoms with Gasteiger partial charge < -0.3 is 5.11 Å². The van der Waals surface area contributed by atoms with Crippen molar-refractivity contribution in [2.75, 3.05) is 0 Å². The summed E-state index contributed by atoms with van der Waals surface area (Å²) in [6, 6.07) is 10.8. The number of halogens is 1. The van der Waals surface area contributed by atoms with Gasteiger partial charge in [-0.1, -0.05) is 35.9 Å². The topological polar surface area (TPSA) is 72.4 Å². The van der Waals surface area contributed by atoms with E-state index >= 15 is 0 Å². The van der Waals surface area contributed by atoms with Crippen LogP contribution in [0.4, 0.5) is 0 Å². The minimum Gasteiger partial charge on any atom is -0.478 e. The number of benzene rings is 1. The molecule has 0 unspecified atom stereocenters. The molecular formula is C19H15ClN4O2. The van der Waals surface area contributed by atoms with Crippen molar-refractivity contribution >= 4 is 23.2 Å². The lowest BCUT2D eigenvalue weighted by molar-refractivity contribution is 0.0697. The lowest BCUT2D eigenvalue weighted by Crippen LogP contribution is -1.97. The van der Waals surface area contributed by atoms with Crippen molar-refractivity contribution in [3.8, 4) is 22.4 Å². The fraction of sp³-hybridized carbons (Fsp3) is 0.105. The van der Waals surface area contributed by atoms with Gasteiger partial charge in [-0.15, -0.1) is 0 Å². The molecular weight excluding hydrogens is 352 g/mol. The van der Waals surface area contributed by atoms with E-state index in [-0.39, 0.29) is 5.56 Å². The molecule has 0 aliphatic carbocycles. The van der Waals surface area contributed by atoms with Crippen molar-refractivity contribution in [1.29, 1.82) is 0 Å². The minimum atomic E-state index is -1.00. The zero-order valence-corrected chi connectivity index (χ0v) is 14.9. The monoisotopic (exact) mass is 366 g/mol. The first kappa shape index (κ1) is 16.4. The van der Waals surface area contributed by atoms with Gasteiger partial charge in [-0.25, -0.2) is 9.78 Å². The summed E-state index contributed by atoms with van der Waals surface area (Å²) in [5, 5.41) is 14.0. The van der Waals surface area contributed by atoms with E-state index in [1.807, 2.05) is 44.4 Å². The van der Waals surface area contributed by atoms with Gasteiger partial charge in [0.05, 0.1) is 11.3 Å². The van der Waals surface area contributed by atoms with E-state index in [9.17, 15) is 9.90 Å². The SMILES string of the molecule is Cc1nn(C)cc1-c1ccccc1-c1nc2cc(C(=O)O)ccn2c1Cl. The number of carboxylic acid groups (broad SMARTS) is 1. The average molecular weight is 367 g/mol. The van der Waals surface area contributed by atoms with Crippen molar-refractivity contribution in [3.63, 3.8) is 0 Å². The highest BCUT2D eigenvalue weighted by Crippen LogP contribution is 2.36. The first-order valence-corrected chi connectivity index (χ1v) is 8.34. The minimum absolute atomic E-state index is 0.169. The summed E-state index contributed by atoms with van der Waals surface area (Å²) in [5.74, 6) is -1.00. The number of carbonyl (C=O) groups is 1. The number of hydrogen-bond donors (Lipinski definition) is 1. The second-order valence-electron chi connectivity index (χ2n) is 6.05. The molecule has 0 amide bonds. The molecule has 0 saturated carbocycles. The van der Waals surface area contributed by atoms with Gasteiger partial charge in [0.25, 0.3) is 0 Å². The maximum Gasteiger partial charge on any atom is 0.335 e. The third-order valence-electron chi connectivity index (χ3n) is 4.30. The van der Waals surface area contributed by atoms with Crippen LogP contribution in [0.3, 0.4) is 0 Å². The Morgan fingerprint density at radius 3 is 2.54 bits per heavy atom. The highest BCUT2D eigenvalue weighted by atomic mass is 35.5. The summed E-state index contributed by atoms with van der Waals surface area (Å²) in [7, 11) is 1.88. The van der Waals surface area contributed by atoms with Crippen LogP contribution in [0.25, 0.3) is 28.0 Å². The number of aryl methyl sites for hydroxylation is 2. The van der Waals surface area contributed by atoms with Gasteiger partial charge in [0, 0.05) is 30.6 Å². The third kappa shape index (κ3) is 2.55. The fourth-order valence-corrected chi connectivity index (χ4v) is 3.39. The summed E-state index contributed by atoms with van der Waals surface area (Å²) in [6.45, 7) is 1.95. The molecule has 130 valence electrons. The summed E-state index contributed by atoms with van der Waals surface area (Å²) in [5.41, 5.74) is 5.02. The molecule has 7 heteroatoms. The van der Waals surface area contributed by atoms with Gasteiger partial charge in [-0.05, 0) is 24.6 Å². The molecule has 0 aliphatic heterocycles. The van der Waals surface area contributed by atoms with Crippen LogP contribution in [0, 0.1) is 6.92 Å². The molecule has 0 fully saturated rings. The second-order valence-corrected chi connectivity index (χ2v) is 6.41. The Morgan fingerprint density at radius 1 is 1.15 bits per heavy atom. The van der Waals surface area contributed by atoms with Crippen molar-refractivity contribution in [1.82, 2.24) is 19.2 Å². The van der Waals surface area contributed by atoms with E-state index in [0.29, 0.717) is 16.5 Å². The van der Waals surface area contributed by atoms with E-state index < -0.39 is 5.97 Å². The number of hydrogen-bond acceptors (Lipinski definition) is 3. The van der Waals surface area contributed by atoms with Crippen LogP contribution in [0.15, 0.2) is 48.8 Å². The molecule has 3 aromatic heterocycles. The molecule has 6 nitrogen and oxygen atoms in total. The molecule has 0 bridgehead atoms. The standard InChI is InChI=1S/C19H15ClN4O2/c1-11-15(10-23(2)22-11)13-5-3-4-6-14(13)17-18(20)24-8-7-12(19(25)26)9-16(24)21-17/h3-10H,1-2H3,(H,25,26). The summed E-state index contributed by atoms with van der Waals surface area (Å²) in [4.78, 5) is 15.8. The smallest absolute Gasteiger partial charge is 0.335 e. The predicted octanol–water partition coefficient (Wildman–Crippen LogP) is 4.06. The molecule has 0 atom stereocenters. The van der Waals surface area contributed by atoms with Gasteiger partial charge in [-0.2, -0.15) is 5.10 Å². The highest BCUT2D eigenvalue weighted by molar-refractivity contribution is 6.32. The molecule has 26 heavy (non-hydrogen) atoms. The van der Waals surface area contributed by atoms with E-state index in [1.165, 1.54) is 12.1 Å². The number of aromatic nitrogens is 4. The zero-order chi connectivity index (χ0) is 18.4. The Balaban J connectivity index is 1.95. The lowest BCUT2D eigenvalue weighted by Gasteiger charge is -2.07. The number of aromatic carboxylic acids is 1. The van der Waals surface area contributed by atoms with Crippen LogP contribution < -0.4 is 0 Å². The highest BCUT2D eigenvalue weighted by Gasteiger charge is 2.18.